The van der Waals surface area contributed by atoms with Crippen LogP contribution in [-0.4, -0.2) is 35.9 Å². The number of guanidine groups is 1. The molecule has 0 spiro atoms. The normalized spacial score (nSPS) is 29.9. The number of allylic oxidation sites excluding steroid dienone is 1. The molecule has 5 N–H and O–H groups in total. The molecule has 0 aromatic heterocycles. The third-order valence-electron chi connectivity index (χ3n) is 10.6. The van der Waals surface area contributed by atoms with Crippen molar-refractivity contribution in [2.75, 3.05) is 6.61 Å². The van der Waals surface area contributed by atoms with E-state index in [2.05, 4.69) is 11.9 Å². The molecule has 6 aliphatic rings. The van der Waals surface area contributed by atoms with Gasteiger partial charge >= 0.3 is 29.6 Å². The molecule has 4 heterocycles. The number of phenols is 1. The van der Waals surface area contributed by atoms with E-state index in [0.29, 0.717) is 25.2 Å². The first-order chi connectivity index (χ1) is 22.0. The van der Waals surface area contributed by atoms with Crippen molar-refractivity contribution >= 4 is 16.1 Å². The van der Waals surface area contributed by atoms with Crippen LogP contribution in [0.3, 0.4) is 0 Å². The number of ether oxygens (including phenoxy) is 2. The summed E-state index contributed by atoms with van der Waals surface area (Å²) in [7, 11) is -4.73. The number of nitrogens with zero attached hydrogens (tertiary/aromatic N) is 1. The molecule has 4 aliphatic heterocycles. The monoisotopic (exact) mass is 665 g/mol. The van der Waals surface area contributed by atoms with Gasteiger partial charge in [-0.05, 0) is 114 Å². The minimum atomic E-state index is -4.73. The van der Waals surface area contributed by atoms with E-state index in [1.54, 1.807) is 12.1 Å². The zero-order valence-electron chi connectivity index (χ0n) is 26.8. The van der Waals surface area contributed by atoms with E-state index in [-0.39, 0.29) is 77.5 Å². The number of phenolic OH excluding ortho intramolecular Hbond substituents is 1. The zero-order chi connectivity index (χ0) is 32.2. The molecule has 0 radical (unpaired) electrons. The van der Waals surface area contributed by atoms with Gasteiger partial charge in [-0.1, -0.05) is 55.5 Å². The van der Waals surface area contributed by atoms with Crippen molar-refractivity contribution < 1.29 is 57.1 Å². The van der Waals surface area contributed by atoms with Gasteiger partial charge in [0.1, 0.15) is 17.6 Å². The number of fused-ring (bicyclic) bond motifs is 4. The Kier molecular flexibility index (Phi) is 9.82. The Morgan fingerprint density at radius 3 is 2.38 bits per heavy atom. The summed E-state index contributed by atoms with van der Waals surface area (Å²) in [4.78, 5) is 4.39. The topological polar surface area (TPSA) is 160 Å². The van der Waals surface area contributed by atoms with E-state index in [4.69, 9.17) is 20.9 Å². The first-order valence-electron chi connectivity index (χ1n) is 16.1. The van der Waals surface area contributed by atoms with Gasteiger partial charge in [-0.25, -0.2) is 13.4 Å². The van der Waals surface area contributed by atoms with Gasteiger partial charge in [-0.15, -0.1) is 0 Å². The van der Waals surface area contributed by atoms with Crippen LogP contribution in [0.4, 0.5) is 0 Å². The maximum absolute atomic E-state index is 13.5. The molecule has 0 saturated carbocycles. The van der Waals surface area contributed by atoms with Gasteiger partial charge in [-0.3, -0.25) is 0 Å². The van der Waals surface area contributed by atoms with Crippen LogP contribution in [0.1, 0.15) is 84.6 Å². The molecule has 242 valence electrons. The van der Waals surface area contributed by atoms with E-state index in [1.165, 1.54) is 0 Å². The Morgan fingerprint density at radius 1 is 0.979 bits per heavy atom. The Bertz CT molecular complexity index is 1780. The SMILES string of the molecule is CC1CCc2cc3ccc2C1CC(S(=O)(=O)[O-])C1C=C2CC(CCOC2c2ccc(O)cc2)C1c1ccc(cc1)C(N=C(N)N)O3.[Na+]. The van der Waals surface area contributed by atoms with Gasteiger partial charge in [-0.2, -0.15) is 0 Å². The van der Waals surface area contributed by atoms with Crippen LogP contribution in [0.25, 0.3) is 0 Å². The van der Waals surface area contributed by atoms with Crippen LogP contribution in [0.2, 0.25) is 0 Å². The first kappa shape index (κ1) is 34.0. The first-order valence-corrected chi connectivity index (χ1v) is 17.6. The Hall–Kier alpha value is -2.86. The Morgan fingerprint density at radius 2 is 1.68 bits per heavy atom. The summed E-state index contributed by atoms with van der Waals surface area (Å²) in [6, 6.07) is 20.7. The Labute approximate surface area is 298 Å². The van der Waals surface area contributed by atoms with E-state index < -0.39 is 27.5 Å². The molecule has 3 aromatic rings. The molecular formula is C36H40N3NaO6S. The molecule has 8 bridgehead atoms. The van der Waals surface area contributed by atoms with Crippen molar-refractivity contribution in [1.82, 2.24) is 0 Å². The second-order valence-corrected chi connectivity index (χ2v) is 15.0. The molecule has 0 amide bonds. The molecule has 1 saturated heterocycles. The van der Waals surface area contributed by atoms with Crippen LogP contribution in [0.15, 0.2) is 83.4 Å². The molecule has 1 fully saturated rings. The molecule has 9 rings (SSSR count). The van der Waals surface area contributed by atoms with E-state index in [1.807, 2.05) is 60.7 Å². The van der Waals surface area contributed by atoms with Crippen LogP contribution >= 0.6 is 0 Å². The zero-order valence-corrected chi connectivity index (χ0v) is 29.6. The van der Waals surface area contributed by atoms with Gasteiger partial charge < -0.3 is 30.6 Å². The number of nitrogens with two attached hydrogens (primary N) is 2. The summed E-state index contributed by atoms with van der Waals surface area (Å²) < 4.78 is 53.1. The number of hydrogen-bond acceptors (Lipinski definition) is 7. The predicted molar refractivity (Wildman–Crippen MR) is 174 cm³/mol. The van der Waals surface area contributed by atoms with Crippen molar-refractivity contribution in [1.29, 1.82) is 0 Å². The third kappa shape index (κ3) is 6.86. The number of aryl methyl sites for hydroxylation is 1. The van der Waals surface area contributed by atoms with Crippen LogP contribution in [-0.2, 0) is 21.3 Å². The molecule has 3 aromatic carbocycles. The molecule has 2 aliphatic carbocycles. The maximum Gasteiger partial charge on any atom is 1.00 e. The minimum absolute atomic E-state index is 0. The number of aliphatic imine (C=N–C) groups is 1. The van der Waals surface area contributed by atoms with Gasteiger partial charge in [0.25, 0.3) is 0 Å². The summed E-state index contributed by atoms with van der Waals surface area (Å²) in [5, 5.41) is 8.78. The molecule has 9 nitrogen and oxygen atoms in total. The summed E-state index contributed by atoms with van der Waals surface area (Å²) in [6.07, 6.45) is 4.25. The predicted octanol–water partition coefficient (Wildman–Crippen LogP) is 2.54. The van der Waals surface area contributed by atoms with E-state index in [0.717, 1.165) is 46.2 Å². The maximum atomic E-state index is 13.5. The van der Waals surface area contributed by atoms with Crippen molar-refractivity contribution in [3.05, 3.63) is 106 Å². The van der Waals surface area contributed by atoms with Crippen molar-refractivity contribution in [2.24, 2.45) is 34.2 Å². The smallest absolute Gasteiger partial charge is 0.748 e. The summed E-state index contributed by atoms with van der Waals surface area (Å²) in [5.41, 5.74) is 17.4. The van der Waals surface area contributed by atoms with E-state index >= 15 is 0 Å². The fourth-order valence-electron chi connectivity index (χ4n) is 8.39. The number of benzene rings is 3. The molecule has 47 heavy (non-hydrogen) atoms. The molecule has 8 unspecified atom stereocenters. The number of rotatable bonds is 3. The third-order valence-corrected chi connectivity index (χ3v) is 11.9. The average molecular weight is 666 g/mol. The van der Waals surface area contributed by atoms with Gasteiger partial charge in [0, 0.05) is 12.2 Å². The fraction of sp³-hybridized carbons (Fsp3) is 0.417. The minimum Gasteiger partial charge on any atom is -0.748 e. The van der Waals surface area contributed by atoms with Crippen molar-refractivity contribution in [2.45, 2.75) is 68.4 Å². The average Bonchev–Trinajstić information content (AvgIpc) is 3.18. The number of hydrogen-bond donors (Lipinski definition) is 3. The summed E-state index contributed by atoms with van der Waals surface area (Å²) >= 11 is 0. The number of aromatic hydroxyl groups is 1. The summed E-state index contributed by atoms with van der Waals surface area (Å²) in [6.45, 7) is 2.64. The molecular weight excluding hydrogens is 625 g/mol. The second-order valence-electron chi connectivity index (χ2n) is 13.4. The van der Waals surface area contributed by atoms with Crippen LogP contribution in [0, 0.1) is 17.8 Å². The van der Waals surface area contributed by atoms with E-state index in [9.17, 15) is 18.1 Å². The Balaban J connectivity index is 0.00000386. The van der Waals surface area contributed by atoms with Crippen molar-refractivity contribution in [3.8, 4) is 11.5 Å². The second kappa shape index (κ2) is 13.6. The fourth-order valence-corrected chi connectivity index (χ4v) is 9.47. The van der Waals surface area contributed by atoms with Gasteiger partial charge in [0.15, 0.2) is 5.96 Å². The standard InChI is InChI=1S/C36H41N3O6S.Na/c1-20-2-3-24-17-28-12-13-29(24)30(20)19-32(46(41,42)43)31-18-26-16-25(14-15-44-34(26)22-8-10-27(40)11-9-22)33(31)21-4-6-23(7-5-21)35(45-28)39-36(37)38;/h4-13,17-18,20,25,30-35,40H,2-3,14-16,19H2,1H3,(H4,37,38,39)(H,41,42,43);/q;+1/p-1. The molecule has 8 atom stereocenters. The molecule has 11 heteroatoms. The van der Waals surface area contributed by atoms with Gasteiger partial charge in [0.05, 0.1) is 15.4 Å². The summed E-state index contributed by atoms with van der Waals surface area (Å²) in [5.74, 6) is 0.0536. The van der Waals surface area contributed by atoms with Crippen LogP contribution in [0.5, 0.6) is 11.5 Å². The quantitative estimate of drug-likeness (QED) is 0.127. The van der Waals surface area contributed by atoms with Crippen LogP contribution < -0.4 is 45.8 Å². The van der Waals surface area contributed by atoms with Crippen molar-refractivity contribution in [3.63, 3.8) is 0 Å². The largest absolute Gasteiger partial charge is 1.00 e. The van der Waals surface area contributed by atoms with Gasteiger partial charge in [0.2, 0.25) is 6.23 Å².